The standard InChI is InChI=1S/C18H30N4O.HI/c1-5-14(2)21-18(19-3)20-12-15-10-11-22(13-15)16-8-6-7-9-17(16)23-4;/h6-9,14-15H,5,10-13H2,1-4H3,(H2,19,20,21);1H. The molecule has 0 amide bonds. The summed E-state index contributed by atoms with van der Waals surface area (Å²) in [6, 6.07) is 8.69. The molecule has 1 aromatic carbocycles. The van der Waals surface area contributed by atoms with Crippen LogP contribution in [0.2, 0.25) is 0 Å². The van der Waals surface area contributed by atoms with Crippen molar-refractivity contribution in [3.63, 3.8) is 0 Å². The van der Waals surface area contributed by atoms with Crippen molar-refractivity contribution in [3.05, 3.63) is 24.3 Å². The lowest BCUT2D eigenvalue weighted by molar-refractivity contribution is 0.414. The van der Waals surface area contributed by atoms with Crippen molar-refractivity contribution < 1.29 is 4.74 Å². The van der Waals surface area contributed by atoms with Gasteiger partial charge in [0.2, 0.25) is 0 Å². The van der Waals surface area contributed by atoms with Gasteiger partial charge >= 0.3 is 0 Å². The molecule has 2 rings (SSSR count). The zero-order valence-electron chi connectivity index (χ0n) is 15.2. The van der Waals surface area contributed by atoms with Crippen LogP contribution < -0.4 is 20.3 Å². The maximum absolute atomic E-state index is 5.48. The summed E-state index contributed by atoms with van der Waals surface area (Å²) < 4.78 is 5.48. The lowest BCUT2D eigenvalue weighted by atomic mass is 10.1. The summed E-state index contributed by atoms with van der Waals surface area (Å²) in [6.45, 7) is 7.42. The summed E-state index contributed by atoms with van der Waals surface area (Å²) in [5.41, 5.74) is 1.19. The average Bonchev–Trinajstić information content (AvgIpc) is 3.07. The second kappa shape index (κ2) is 10.6. The van der Waals surface area contributed by atoms with E-state index in [0.717, 1.165) is 37.8 Å². The zero-order valence-corrected chi connectivity index (χ0v) is 17.5. The third kappa shape index (κ3) is 5.72. The number of nitrogens with zero attached hydrogens (tertiary/aromatic N) is 2. The maximum atomic E-state index is 5.48. The van der Waals surface area contributed by atoms with Gasteiger partial charge in [-0.2, -0.15) is 0 Å². The fraction of sp³-hybridized carbons (Fsp3) is 0.611. The average molecular weight is 446 g/mol. The molecule has 0 bridgehead atoms. The van der Waals surface area contributed by atoms with Gasteiger partial charge in [0, 0.05) is 32.7 Å². The molecule has 1 fully saturated rings. The van der Waals surface area contributed by atoms with E-state index in [4.69, 9.17) is 4.74 Å². The van der Waals surface area contributed by atoms with Gasteiger partial charge in [0.05, 0.1) is 12.8 Å². The van der Waals surface area contributed by atoms with Crippen molar-refractivity contribution in [2.45, 2.75) is 32.7 Å². The largest absolute Gasteiger partial charge is 0.495 e. The molecule has 2 N–H and O–H groups in total. The predicted molar refractivity (Wildman–Crippen MR) is 113 cm³/mol. The number of aliphatic imine (C=N–C) groups is 1. The van der Waals surface area contributed by atoms with Gasteiger partial charge in [-0.15, -0.1) is 24.0 Å². The van der Waals surface area contributed by atoms with Crippen LogP contribution in [0.25, 0.3) is 0 Å². The molecule has 5 nitrogen and oxygen atoms in total. The lowest BCUT2D eigenvalue weighted by Gasteiger charge is -2.22. The first-order valence-corrected chi connectivity index (χ1v) is 8.53. The predicted octanol–water partition coefficient (Wildman–Crippen LogP) is 3.10. The van der Waals surface area contributed by atoms with Gasteiger partial charge in [0.25, 0.3) is 0 Å². The number of ether oxygens (including phenoxy) is 1. The van der Waals surface area contributed by atoms with Crippen molar-refractivity contribution in [2.24, 2.45) is 10.9 Å². The summed E-state index contributed by atoms with van der Waals surface area (Å²) in [5, 5.41) is 6.86. The Labute approximate surface area is 163 Å². The number of anilines is 1. The first kappa shape index (κ1) is 20.9. The minimum atomic E-state index is 0. The van der Waals surface area contributed by atoms with Crippen LogP contribution >= 0.6 is 24.0 Å². The summed E-state index contributed by atoms with van der Waals surface area (Å²) >= 11 is 0. The molecule has 1 aliphatic rings. The van der Waals surface area contributed by atoms with Crippen LogP contribution in [-0.4, -0.2) is 45.8 Å². The number of para-hydroxylation sites is 2. The molecule has 0 spiro atoms. The number of nitrogens with one attached hydrogen (secondary N) is 2. The van der Waals surface area contributed by atoms with Crippen LogP contribution in [-0.2, 0) is 0 Å². The van der Waals surface area contributed by atoms with Gasteiger partial charge in [-0.05, 0) is 37.8 Å². The molecule has 2 atom stereocenters. The molecular formula is C18H31IN4O. The Morgan fingerprint density at radius 3 is 2.83 bits per heavy atom. The third-order valence-corrected chi connectivity index (χ3v) is 4.49. The first-order chi connectivity index (χ1) is 11.2. The minimum Gasteiger partial charge on any atom is -0.495 e. The third-order valence-electron chi connectivity index (χ3n) is 4.49. The van der Waals surface area contributed by atoms with Crippen molar-refractivity contribution in [1.82, 2.24) is 10.6 Å². The van der Waals surface area contributed by atoms with Crippen LogP contribution in [0.15, 0.2) is 29.3 Å². The highest BCUT2D eigenvalue weighted by Crippen LogP contribution is 2.31. The monoisotopic (exact) mass is 446 g/mol. The summed E-state index contributed by atoms with van der Waals surface area (Å²) in [4.78, 5) is 6.72. The molecule has 0 radical (unpaired) electrons. The maximum Gasteiger partial charge on any atom is 0.191 e. The Balaban J connectivity index is 0.00000288. The smallest absolute Gasteiger partial charge is 0.191 e. The molecule has 24 heavy (non-hydrogen) atoms. The fourth-order valence-corrected chi connectivity index (χ4v) is 2.88. The minimum absolute atomic E-state index is 0. The van der Waals surface area contributed by atoms with Crippen LogP contribution in [0.1, 0.15) is 26.7 Å². The Morgan fingerprint density at radius 1 is 1.42 bits per heavy atom. The van der Waals surface area contributed by atoms with E-state index in [1.165, 1.54) is 12.1 Å². The van der Waals surface area contributed by atoms with E-state index in [9.17, 15) is 0 Å². The van der Waals surface area contributed by atoms with Crippen molar-refractivity contribution >= 4 is 35.6 Å². The second-order valence-electron chi connectivity index (χ2n) is 6.18. The quantitative estimate of drug-likeness (QED) is 0.401. The highest BCUT2D eigenvalue weighted by atomic mass is 127. The highest BCUT2D eigenvalue weighted by molar-refractivity contribution is 14.0. The molecule has 1 heterocycles. The number of halogens is 1. The Morgan fingerprint density at radius 2 is 2.17 bits per heavy atom. The van der Waals surface area contributed by atoms with Gasteiger partial charge in [0.15, 0.2) is 5.96 Å². The molecule has 0 aliphatic carbocycles. The van der Waals surface area contributed by atoms with Gasteiger partial charge in [-0.3, -0.25) is 4.99 Å². The molecule has 1 aliphatic heterocycles. The van der Waals surface area contributed by atoms with Crippen LogP contribution in [0.4, 0.5) is 5.69 Å². The van der Waals surface area contributed by atoms with Crippen LogP contribution in [0.5, 0.6) is 5.75 Å². The molecule has 6 heteroatoms. The summed E-state index contributed by atoms with van der Waals surface area (Å²) in [7, 11) is 3.56. The van der Waals surface area contributed by atoms with E-state index in [1.807, 2.05) is 19.2 Å². The first-order valence-electron chi connectivity index (χ1n) is 8.53. The van der Waals surface area contributed by atoms with Gasteiger partial charge in [-0.25, -0.2) is 0 Å². The van der Waals surface area contributed by atoms with E-state index in [1.54, 1.807) is 7.11 Å². The van der Waals surface area contributed by atoms with E-state index in [2.05, 4.69) is 46.5 Å². The normalized spacial score (nSPS) is 18.8. The van der Waals surface area contributed by atoms with Gasteiger partial charge in [0.1, 0.15) is 5.75 Å². The highest BCUT2D eigenvalue weighted by Gasteiger charge is 2.24. The molecule has 0 aromatic heterocycles. The molecule has 0 saturated carbocycles. The summed E-state index contributed by atoms with van der Waals surface area (Å²) in [6.07, 6.45) is 2.27. The van der Waals surface area contributed by atoms with Crippen LogP contribution in [0.3, 0.4) is 0 Å². The molecular weight excluding hydrogens is 415 g/mol. The summed E-state index contributed by atoms with van der Waals surface area (Å²) in [5.74, 6) is 2.47. The SMILES string of the molecule is CCC(C)NC(=NC)NCC1CCN(c2ccccc2OC)C1.I. The van der Waals surface area contributed by atoms with Crippen molar-refractivity contribution in [1.29, 1.82) is 0 Å². The van der Waals surface area contributed by atoms with Crippen LogP contribution in [0, 0.1) is 5.92 Å². The Kier molecular flexibility index (Phi) is 9.25. The van der Waals surface area contributed by atoms with E-state index in [0.29, 0.717) is 12.0 Å². The van der Waals surface area contributed by atoms with E-state index >= 15 is 0 Å². The second-order valence-corrected chi connectivity index (χ2v) is 6.18. The number of methoxy groups -OCH3 is 1. The molecule has 2 unspecified atom stereocenters. The number of guanidine groups is 1. The number of hydrogen-bond acceptors (Lipinski definition) is 3. The van der Waals surface area contributed by atoms with Crippen molar-refractivity contribution in [3.8, 4) is 5.75 Å². The van der Waals surface area contributed by atoms with Gasteiger partial charge < -0.3 is 20.3 Å². The molecule has 136 valence electrons. The van der Waals surface area contributed by atoms with E-state index < -0.39 is 0 Å². The van der Waals surface area contributed by atoms with Crippen molar-refractivity contribution in [2.75, 3.05) is 38.7 Å². The topological polar surface area (TPSA) is 48.9 Å². The molecule has 1 saturated heterocycles. The number of rotatable bonds is 6. The lowest BCUT2D eigenvalue weighted by Crippen LogP contribution is -2.43. The molecule has 1 aromatic rings. The number of hydrogen-bond donors (Lipinski definition) is 2. The number of benzene rings is 1. The zero-order chi connectivity index (χ0) is 16.7. The Bertz CT molecular complexity index is 523. The fourth-order valence-electron chi connectivity index (χ4n) is 2.88. The van der Waals surface area contributed by atoms with E-state index in [-0.39, 0.29) is 24.0 Å². The Hall–Kier alpha value is -1.18. The van der Waals surface area contributed by atoms with Gasteiger partial charge in [-0.1, -0.05) is 19.1 Å².